The van der Waals surface area contributed by atoms with Gasteiger partial charge in [0, 0.05) is 12.0 Å². The number of hydrogen-bond acceptors (Lipinski definition) is 1. The summed E-state index contributed by atoms with van der Waals surface area (Å²) in [5.74, 6) is 0.645. The molecule has 0 aromatic heterocycles. The zero-order chi connectivity index (χ0) is 8.97. The third kappa shape index (κ3) is 2.84. The van der Waals surface area contributed by atoms with Crippen LogP contribution < -0.4 is 5.32 Å². The number of nitrogens with one attached hydrogen (secondary N) is 1. The van der Waals surface area contributed by atoms with E-state index in [0.717, 1.165) is 32.1 Å². The molecule has 12 heavy (non-hydrogen) atoms. The molecule has 0 saturated heterocycles. The lowest BCUT2D eigenvalue weighted by atomic mass is 10.1. The minimum Gasteiger partial charge on any atom is -0.353 e. The number of rotatable bonds is 5. The van der Waals surface area contributed by atoms with Gasteiger partial charge in [-0.15, -0.1) is 0 Å². The molecule has 1 unspecified atom stereocenters. The van der Waals surface area contributed by atoms with Crippen LogP contribution in [0, 0.1) is 5.92 Å². The lowest BCUT2D eigenvalue weighted by molar-refractivity contribution is -0.123. The summed E-state index contributed by atoms with van der Waals surface area (Å²) in [4.78, 5) is 11.3. The fraction of sp³-hybridized carbons (Fsp3) is 0.900. The van der Waals surface area contributed by atoms with Gasteiger partial charge in [0.25, 0.3) is 0 Å². The Morgan fingerprint density at radius 1 is 1.50 bits per heavy atom. The summed E-state index contributed by atoms with van der Waals surface area (Å²) >= 11 is 0. The highest BCUT2D eigenvalue weighted by Gasteiger charge is 2.30. The summed E-state index contributed by atoms with van der Waals surface area (Å²) in [5.41, 5.74) is 0. The van der Waals surface area contributed by atoms with Crippen molar-refractivity contribution in [2.45, 2.75) is 52.0 Å². The van der Waals surface area contributed by atoms with Gasteiger partial charge in [0.05, 0.1) is 0 Å². The van der Waals surface area contributed by atoms with E-state index in [2.05, 4.69) is 19.2 Å². The molecule has 0 radical (unpaired) electrons. The Morgan fingerprint density at radius 3 is 2.58 bits per heavy atom. The van der Waals surface area contributed by atoms with E-state index in [0.29, 0.717) is 12.0 Å². The van der Waals surface area contributed by atoms with E-state index in [1.807, 2.05) is 0 Å². The topological polar surface area (TPSA) is 29.1 Å². The first-order chi connectivity index (χ1) is 5.77. The SMILES string of the molecule is CCCC(CC)NC(=O)C1CC1. The Bertz CT molecular complexity index is 152. The molecule has 0 aromatic carbocycles. The maximum atomic E-state index is 11.3. The molecule has 1 rings (SSSR count). The normalized spacial score (nSPS) is 18.8. The number of carbonyl (C=O) groups is 1. The average molecular weight is 169 g/mol. The second-order valence-electron chi connectivity index (χ2n) is 3.68. The van der Waals surface area contributed by atoms with E-state index >= 15 is 0 Å². The highest BCUT2D eigenvalue weighted by atomic mass is 16.2. The molecule has 0 heterocycles. The van der Waals surface area contributed by atoms with E-state index in [9.17, 15) is 4.79 Å². The van der Waals surface area contributed by atoms with Gasteiger partial charge in [-0.05, 0) is 25.7 Å². The van der Waals surface area contributed by atoms with Crippen molar-refractivity contribution in [3.05, 3.63) is 0 Å². The van der Waals surface area contributed by atoms with Gasteiger partial charge in [-0.25, -0.2) is 0 Å². The molecule has 2 heteroatoms. The Hall–Kier alpha value is -0.530. The van der Waals surface area contributed by atoms with Gasteiger partial charge >= 0.3 is 0 Å². The second-order valence-corrected chi connectivity index (χ2v) is 3.68. The van der Waals surface area contributed by atoms with Gasteiger partial charge in [0.15, 0.2) is 0 Å². The van der Waals surface area contributed by atoms with Gasteiger partial charge in [-0.1, -0.05) is 20.3 Å². The van der Waals surface area contributed by atoms with Crippen LogP contribution in [0.5, 0.6) is 0 Å². The van der Waals surface area contributed by atoms with Crippen LogP contribution in [0.1, 0.15) is 46.0 Å². The lowest BCUT2D eigenvalue weighted by Gasteiger charge is -2.15. The van der Waals surface area contributed by atoms with E-state index < -0.39 is 0 Å². The fourth-order valence-electron chi connectivity index (χ4n) is 1.39. The molecule has 70 valence electrons. The molecule has 0 aromatic rings. The third-order valence-electron chi connectivity index (χ3n) is 2.42. The molecular weight excluding hydrogens is 150 g/mol. The molecule has 1 aliphatic rings. The molecule has 1 amide bonds. The van der Waals surface area contributed by atoms with Gasteiger partial charge in [-0.2, -0.15) is 0 Å². The van der Waals surface area contributed by atoms with Crippen molar-refractivity contribution in [1.29, 1.82) is 0 Å². The van der Waals surface area contributed by atoms with Crippen molar-refractivity contribution in [2.24, 2.45) is 5.92 Å². The summed E-state index contributed by atoms with van der Waals surface area (Å²) in [6.07, 6.45) is 5.55. The minimum atomic E-state index is 0.287. The second kappa shape index (κ2) is 4.48. The zero-order valence-corrected chi connectivity index (χ0v) is 8.10. The summed E-state index contributed by atoms with van der Waals surface area (Å²) in [5, 5.41) is 3.09. The maximum absolute atomic E-state index is 11.3. The molecule has 0 aliphatic heterocycles. The van der Waals surface area contributed by atoms with Crippen molar-refractivity contribution in [3.8, 4) is 0 Å². The number of carbonyl (C=O) groups excluding carboxylic acids is 1. The summed E-state index contributed by atoms with van der Waals surface area (Å²) in [6, 6.07) is 0.420. The smallest absolute Gasteiger partial charge is 0.223 e. The van der Waals surface area contributed by atoms with Crippen LogP contribution in [-0.4, -0.2) is 11.9 Å². The van der Waals surface area contributed by atoms with E-state index in [-0.39, 0.29) is 5.91 Å². The predicted octanol–water partition coefficient (Wildman–Crippen LogP) is 2.09. The molecular formula is C10H19NO. The molecule has 1 saturated carbocycles. The molecule has 0 bridgehead atoms. The van der Waals surface area contributed by atoms with Crippen molar-refractivity contribution in [2.75, 3.05) is 0 Å². The highest BCUT2D eigenvalue weighted by molar-refractivity contribution is 5.81. The Morgan fingerprint density at radius 2 is 2.17 bits per heavy atom. The maximum Gasteiger partial charge on any atom is 0.223 e. The molecule has 1 aliphatic carbocycles. The van der Waals surface area contributed by atoms with Crippen LogP contribution >= 0.6 is 0 Å². The minimum absolute atomic E-state index is 0.287. The monoisotopic (exact) mass is 169 g/mol. The first-order valence-electron chi connectivity index (χ1n) is 5.08. The van der Waals surface area contributed by atoms with Crippen LogP contribution in [0.25, 0.3) is 0 Å². The first kappa shape index (κ1) is 9.56. The van der Waals surface area contributed by atoms with E-state index in [1.54, 1.807) is 0 Å². The third-order valence-corrected chi connectivity index (χ3v) is 2.42. The van der Waals surface area contributed by atoms with Crippen molar-refractivity contribution in [3.63, 3.8) is 0 Å². The quantitative estimate of drug-likeness (QED) is 0.671. The van der Waals surface area contributed by atoms with Gasteiger partial charge in [0.1, 0.15) is 0 Å². The van der Waals surface area contributed by atoms with E-state index in [4.69, 9.17) is 0 Å². The van der Waals surface area contributed by atoms with Crippen molar-refractivity contribution in [1.82, 2.24) is 5.32 Å². The first-order valence-corrected chi connectivity index (χ1v) is 5.08. The summed E-state index contributed by atoms with van der Waals surface area (Å²) < 4.78 is 0. The molecule has 1 fully saturated rings. The number of hydrogen-bond donors (Lipinski definition) is 1. The summed E-state index contributed by atoms with van der Waals surface area (Å²) in [7, 11) is 0. The summed E-state index contributed by atoms with van der Waals surface area (Å²) in [6.45, 7) is 4.29. The average Bonchev–Trinajstić information content (AvgIpc) is 2.85. The van der Waals surface area contributed by atoms with Gasteiger partial charge in [-0.3, -0.25) is 4.79 Å². The van der Waals surface area contributed by atoms with Gasteiger partial charge in [0.2, 0.25) is 5.91 Å². The van der Waals surface area contributed by atoms with Crippen molar-refractivity contribution >= 4 is 5.91 Å². The van der Waals surface area contributed by atoms with Crippen molar-refractivity contribution < 1.29 is 4.79 Å². The van der Waals surface area contributed by atoms with Crippen LogP contribution in [0.3, 0.4) is 0 Å². The largest absolute Gasteiger partial charge is 0.353 e. The molecule has 2 nitrogen and oxygen atoms in total. The highest BCUT2D eigenvalue weighted by Crippen LogP contribution is 2.29. The van der Waals surface area contributed by atoms with Gasteiger partial charge < -0.3 is 5.32 Å². The Balaban J connectivity index is 2.20. The molecule has 0 spiro atoms. The predicted molar refractivity (Wildman–Crippen MR) is 49.9 cm³/mol. The molecule has 1 N–H and O–H groups in total. The van der Waals surface area contributed by atoms with Crippen LogP contribution in [0.2, 0.25) is 0 Å². The fourth-order valence-corrected chi connectivity index (χ4v) is 1.39. The van der Waals surface area contributed by atoms with Crippen LogP contribution in [0.15, 0.2) is 0 Å². The lowest BCUT2D eigenvalue weighted by Crippen LogP contribution is -2.35. The Labute approximate surface area is 74.7 Å². The van der Waals surface area contributed by atoms with Crippen LogP contribution in [0.4, 0.5) is 0 Å². The standard InChI is InChI=1S/C10H19NO/c1-3-5-9(4-2)11-10(12)8-6-7-8/h8-9H,3-7H2,1-2H3,(H,11,12). The van der Waals surface area contributed by atoms with Crippen LogP contribution in [-0.2, 0) is 4.79 Å². The molecule has 1 atom stereocenters. The van der Waals surface area contributed by atoms with E-state index in [1.165, 1.54) is 0 Å². The number of amides is 1. The Kier molecular flexibility index (Phi) is 3.57. The zero-order valence-electron chi connectivity index (χ0n) is 8.10.